The summed E-state index contributed by atoms with van der Waals surface area (Å²) in [5.41, 5.74) is 2.95. The molecule has 1 amide bonds. The third-order valence-electron chi connectivity index (χ3n) is 5.01. The molecule has 4 nitrogen and oxygen atoms in total. The Morgan fingerprint density at radius 2 is 1.64 bits per heavy atom. The lowest BCUT2D eigenvalue weighted by atomic mass is 9.92. The Hall–Kier alpha value is -2.92. The normalized spacial score (nSPS) is 12.9. The van der Waals surface area contributed by atoms with Gasteiger partial charge in [0.15, 0.2) is 5.78 Å². The average molecular weight is 391 g/mol. The molecule has 0 bridgehead atoms. The lowest BCUT2D eigenvalue weighted by molar-refractivity contribution is 0.102. The lowest BCUT2D eigenvalue weighted by Crippen LogP contribution is -2.15. The molecule has 3 aromatic rings. The summed E-state index contributed by atoms with van der Waals surface area (Å²) in [7, 11) is 1.59. The number of amides is 1. The number of benzene rings is 2. The number of anilines is 1. The molecule has 0 spiro atoms. The number of hydrogen-bond acceptors (Lipinski definition) is 4. The molecule has 0 saturated carbocycles. The second-order valence-electron chi connectivity index (χ2n) is 6.79. The van der Waals surface area contributed by atoms with Crippen LogP contribution in [0.4, 0.5) is 5.00 Å². The van der Waals surface area contributed by atoms with Crippen LogP contribution in [0.5, 0.6) is 5.75 Å². The summed E-state index contributed by atoms with van der Waals surface area (Å²) in [4.78, 5) is 27.2. The van der Waals surface area contributed by atoms with E-state index < -0.39 is 0 Å². The van der Waals surface area contributed by atoms with Crippen LogP contribution in [0.1, 0.15) is 49.6 Å². The van der Waals surface area contributed by atoms with Gasteiger partial charge in [-0.3, -0.25) is 9.59 Å². The van der Waals surface area contributed by atoms with E-state index in [-0.39, 0.29) is 11.7 Å². The maximum absolute atomic E-state index is 13.2. The van der Waals surface area contributed by atoms with Crippen molar-refractivity contribution in [3.63, 3.8) is 0 Å². The highest BCUT2D eigenvalue weighted by atomic mass is 32.1. The largest absolute Gasteiger partial charge is 0.497 e. The molecular formula is C23H21NO3S. The van der Waals surface area contributed by atoms with Gasteiger partial charge in [-0.05, 0) is 55.5 Å². The van der Waals surface area contributed by atoms with E-state index in [1.54, 1.807) is 31.4 Å². The first-order chi connectivity index (χ1) is 13.7. The third-order valence-corrected chi connectivity index (χ3v) is 6.22. The Labute approximate surface area is 168 Å². The zero-order valence-corrected chi connectivity index (χ0v) is 16.5. The van der Waals surface area contributed by atoms with Crippen molar-refractivity contribution >= 4 is 28.0 Å². The molecule has 1 aliphatic carbocycles. The first-order valence-corrected chi connectivity index (χ1v) is 10.2. The van der Waals surface area contributed by atoms with Gasteiger partial charge in [0.1, 0.15) is 10.8 Å². The lowest BCUT2D eigenvalue weighted by Gasteiger charge is -2.12. The molecule has 0 saturated heterocycles. The minimum Gasteiger partial charge on any atom is -0.497 e. The van der Waals surface area contributed by atoms with Crippen LogP contribution in [0.2, 0.25) is 0 Å². The zero-order valence-electron chi connectivity index (χ0n) is 15.7. The van der Waals surface area contributed by atoms with Gasteiger partial charge in [0.25, 0.3) is 5.91 Å². The summed E-state index contributed by atoms with van der Waals surface area (Å²) in [6, 6.07) is 16.2. The Bertz CT molecular complexity index is 1010. The number of ketones is 1. The van der Waals surface area contributed by atoms with Gasteiger partial charge in [-0.15, -0.1) is 11.3 Å². The summed E-state index contributed by atoms with van der Waals surface area (Å²) < 4.78 is 5.15. The minimum absolute atomic E-state index is 0.0231. The van der Waals surface area contributed by atoms with Gasteiger partial charge in [0, 0.05) is 16.0 Å². The summed E-state index contributed by atoms with van der Waals surface area (Å²) >= 11 is 1.54. The predicted octanol–water partition coefficient (Wildman–Crippen LogP) is 5.12. The number of hydrogen-bond donors (Lipinski definition) is 1. The van der Waals surface area contributed by atoms with Gasteiger partial charge >= 0.3 is 0 Å². The van der Waals surface area contributed by atoms with Gasteiger partial charge in [0.05, 0.1) is 12.7 Å². The average Bonchev–Trinajstić information content (AvgIpc) is 3.11. The van der Waals surface area contributed by atoms with Gasteiger partial charge in [0.2, 0.25) is 0 Å². The van der Waals surface area contributed by atoms with Crippen LogP contribution in [-0.2, 0) is 12.8 Å². The van der Waals surface area contributed by atoms with Crippen molar-refractivity contribution in [1.82, 2.24) is 0 Å². The zero-order chi connectivity index (χ0) is 19.5. The number of fused-ring (bicyclic) bond motifs is 1. The van der Waals surface area contributed by atoms with Gasteiger partial charge in [-0.1, -0.05) is 30.3 Å². The first kappa shape index (κ1) is 18.4. The van der Waals surface area contributed by atoms with Crippen LogP contribution in [0, 0.1) is 0 Å². The SMILES string of the molecule is COc1ccc(C(=O)Nc2sc3c(c2C(=O)c2ccccc2)CCCC3)cc1. The standard InChI is InChI=1S/C23H21NO3S/c1-27-17-13-11-16(12-14-17)22(26)24-23-20(18-9-5-6-10-19(18)28-23)21(25)15-7-3-2-4-8-15/h2-4,7-8,11-14H,5-6,9-10H2,1H3,(H,24,26). The predicted molar refractivity (Wildman–Crippen MR) is 112 cm³/mol. The second-order valence-corrected chi connectivity index (χ2v) is 7.90. The summed E-state index contributed by atoms with van der Waals surface area (Å²) in [6.45, 7) is 0. The van der Waals surface area contributed by atoms with Crippen LogP contribution in [0.3, 0.4) is 0 Å². The van der Waals surface area contributed by atoms with E-state index >= 15 is 0 Å². The van der Waals surface area contributed by atoms with E-state index in [9.17, 15) is 9.59 Å². The molecule has 2 aromatic carbocycles. The molecule has 0 radical (unpaired) electrons. The molecular weight excluding hydrogens is 370 g/mol. The van der Waals surface area contributed by atoms with Crippen molar-refractivity contribution in [2.24, 2.45) is 0 Å². The van der Waals surface area contributed by atoms with Crippen molar-refractivity contribution < 1.29 is 14.3 Å². The number of methoxy groups -OCH3 is 1. The fourth-order valence-electron chi connectivity index (χ4n) is 3.55. The van der Waals surface area contributed by atoms with Crippen LogP contribution >= 0.6 is 11.3 Å². The van der Waals surface area contributed by atoms with Crippen LogP contribution in [-0.4, -0.2) is 18.8 Å². The van der Waals surface area contributed by atoms with Gasteiger partial charge in [-0.25, -0.2) is 0 Å². The summed E-state index contributed by atoms with van der Waals surface area (Å²) in [5.74, 6) is 0.455. The number of carbonyl (C=O) groups is 2. The fraction of sp³-hybridized carbons (Fsp3) is 0.217. The van der Waals surface area contributed by atoms with E-state index in [4.69, 9.17) is 4.74 Å². The van der Waals surface area contributed by atoms with E-state index in [2.05, 4.69) is 5.32 Å². The number of rotatable bonds is 5. The number of thiophene rings is 1. The number of ether oxygens (including phenoxy) is 1. The molecule has 1 heterocycles. The number of aryl methyl sites for hydroxylation is 1. The van der Waals surface area contributed by atoms with Crippen molar-refractivity contribution in [1.29, 1.82) is 0 Å². The molecule has 5 heteroatoms. The van der Waals surface area contributed by atoms with Crippen molar-refractivity contribution in [3.05, 3.63) is 81.7 Å². The number of carbonyl (C=O) groups excluding carboxylic acids is 2. The van der Waals surface area contributed by atoms with Gasteiger partial charge < -0.3 is 10.1 Å². The quantitative estimate of drug-likeness (QED) is 0.614. The molecule has 142 valence electrons. The molecule has 0 aliphatic heterocycles. The maximum atomic E-state index is 13.2. The Kier molecular flexibility index (Phi) is 5.26. The maximum Gasteiger partial charge on any atom is 0.256 e. The molecule has 1 aromatic heterocycles. The number of nitrogens with one attached hydrogen (secondary N) is 1. The molecule has 0 fully saturated rings. The molecule has 28 heavy (non-hydrogen) atoms. The van der Waals surface area contributed by atoms with E-state index in [0.29, 0.717) is 27.4 Å². The smallest absolute Gasteiger partial charge is 0.256 e. The van der Waals surface area contributed by atoms with Crippen LogP contribution in [0.15, 0.2) is 54.6 Å². The third kappa shape index (κ3) is 3.58. The Morgan fingerprint density at radius 1 is 0.929 bits per heavy atom. The monoisotopic (exact) mass is 391 g/mol. The van der Waals surface area contributed by atoms with Crippen molar-refractivity contribution in [2.75, 3.05) is 12.4 Å². The second kappa shape index (κ2) is 7.98. The molecule has 4 rings (SSSR count). The van der Waals surface area contributed by atoms with E-state index in [1.165, 1.54) is 16.2 Å². The first-order valence-electron chi connectivity index (χ1n) is 9.37. The van der Waals surface area contributed by atoms with Crippen LogP contribution < -0.4 is 10.1 Å². The molecule has 0 unspecified atom stereocenters. The van der Waals surface area contributed by atoms with Crippen molar-refractivity contribution in [2.45, 2.75) is 25.7 Å². The molecule has 1 N–H and O–H groups in total. The van der Waals surface area contributed by atoms with Gasteiger partial charge in [-0.2, -0.15) is 0 Å². The minimum atomic E-state index is -0.219. The summed E-state index contributed by atoms with van der Waals surface area (Å²) in [5, 5.41) is 3.64. The van der Waals surface area contributed by atoms with E-state index in [1.807, 2.05) is 30.3 Å². The summed E-state index contributed by atoms with van der Waals surface area (Å²) in [6.07, 6.45) is 4.05. The topological polar surface area (TPSA) is 55.4 Å². The van der Waals surface area contributed by atoms with E-state index in [0.717, 1.165) is 31.2 Å². The Morgan fingerprint density at radius 3 is 2.36 bits per heavy atom. The highest BCUT2D eigenvalue weighted by Gasteiger charge is 2.27. The molecule has 0 atom stereocenters. The Balaban J connectivity index is 1.69. The molecule has 1 aliphatic rings. The highest BCUT2D eigenvalue weighted by molar-refractivity contribution is 7.17. The van der Waals surface area contributed by atoms with Crippen molar-refractivity contribution in [3.8, 4) is 5.75 Å². The highest BCUT2D eigenvalue weighted by Crippen LogP contribution is 2.39. The van der Waals surface area contributed by atoms with Crippen LogP contribution in [0.25, 0.3) is 0 Å². The fourth-order valence-corrected chi connectivity index (χ4v) is 4.83.